The van der Waals surface area contributed by atoms with Gasteiger partial charge in [0.05, 0.1) is 6.04 Å². The lowest BCUT2D eigenvalue weighted by atomic mass is 9.87. The van der Waals surface area contributed by atoms with Crippen LogP contribution in [0.2, 0.25) is 0 Å². The maximum atomic E-state index is 13.5. The van der Waals surface area contributed by atoms with Crippen LogP contribution >= 0.6 is 0 Å². The Morgan fingerprint density at radius 3 is 2.52 bits per heavy atom. The number of nitrogens with one attached hydrogen (secondary N) is 1. The van der Waals surface area contributed by atoms with E-state index in [1.54, 1.807) is 11.1 Å². The number of piperidine rings is 2. The van der Waals surface area contributed by atoms with E-state index in [1.807, 2.05) is 18.3 Å². The normalized spacial score (nSPS) is 23.8. The predicted octanol–water partition coefficient (Wildman–Crippen LogP) is 2.68. The number of nitrogens with zero attached hydrogens (tertiary/aromatic N) is 4. The van der Waals surface area contributed by atoms with Gasteiger partial charge in [-0.3, -0.25) is 19.6 Å². The standard InChI is InChI=1S/C26H33N5O2/c32-24-26(11-16-29(17-12-26)15-10-21-6-2-1-3-7-21)28-25(33)31(24)23-9-5-14-30(20-23)19-22-8-4-13-27-18-22/h1-4,6-8,13,18,23H,5,9-12,14-17,19-20H2,(H,28,33)/t23-/m1/s1. The molecule has 0 radical (unpaired) electrons. The molecule has 5 rings (SSSR count). The quantitative estimate of drug-likeness (QED) is 0.690. The van der Waals surface area contributed by atoms with Crippen LogP contribution in [-0.2, 0) is 17.8 Å². The highest BCUT2D eigenvalue weighted by atomic mass is 16.2. The van der Waals surface area contributed by atoms with Crippen LogP contribution in [-0.4, -0.2) is 75.9 Å². The smallest absolute Gasteiger partial charge is 0.323 e. The number of carbonyl (C=O) groups excluding carboxylic acids is 2. The Hall–Kier alpha value is -2.77. The van der Waals surface area contributed by atoms with Crippen molar-refractivity contribution in [3.63, 3.8) is 0 Å². The molecule has 2 aromatic rings. The van der Waals surface area contributed by atoms with E-state index in [9.17, 15) is 9.59 Å². The summed E-state index contributed by atoms with van der Waals surface area (Å²) >= 11 is 0. The molecule has 3 saturated heterocycles. The van der Waals surface area contributed by atoms with Crippen molar-refractivity contribution in [1.82, 2.24) is 25.0 Å². The molecule has 1 aromatic heterocycles. The summed E-state index contributed by atoms with van der Waals surface area (Å²) < 4.78 is 0. The van der Waals surface area contributed by atoms with Gasteiger partial charge >= 0.3 is 6.03 Å². The second-order valence-electron chi connectivity index (χ2n) is 9.66. The number of rotatable bonds is 6. The zero-order valence-electron chi connectivity index (χ0n) is 19.2. The number of amides is 3. The van der Waals surface area contributed by atoms with Crippen LogP contribution < -0.4 is 5.32 Å². The molecule has 1 N–H and O–H groups in total. The Labute approximate surface area is 195 Å². The first-order valence-corrected chi connectivity index (χ1v) is 12.2. The minimum absolute atomic E-state index is 0.0107. The molecule has 3 amide bonds. The fraction of sp³-hybridized carbons (Fsp3) is 0.500. The predicted molar refractivity (Wildman–Crippen MR) is 126 cm³/mol. The Bertz CT molecular complexity index is 959. The number of likely N-dealkylation sites (tertiary alicyclic amines) is 2. The average molecular weight is 448 g/mol. The van der Waals surface area contributed by atoms with Crippen LogP contribution in [0.15, 0.2) is 54.9 Å². The van der Waals surface area contributed by atoms with Gasteiger partial charge in [-0.25, -0.2) is 4.79 Å². The van der Waals surface area contributed by atoms with Crippen LogP contribution in [0.3, 0.4) is 0 Å². The fourth-order valence-electron chi connectivity index (χ4n) is 5.54. The molecule has 1 spiro atoms. The van der Waals surface area contributed by atoms with Gasteiger partial charge in [-0.1, -0.05) is 36.4 Å². The van der Waals surface area contributed by atoms with Gasteiger partial charge < -0.3 is 10.2 Å². The van der Waals surface area contributed by atoms with Crippen LogP contribution in [0.1, 0.15) is 36.8 Å². The van der Waals surface area contributed by atoms with Crippen molar-refractivity contribution in [2.75, 3.05) is 32.7 Å². The van der Waals surface area contributed by atoms with E-state index in [4.69, 9.17) is 0 Å². The molecule has 1 atom stereocenters. The summed E-state index contributed by atoms with van der Waals surface area (Å²) in [5.41, 5.74) is 1.78. The molecule has 3 fully saturated rings. The molecule has 0 bridgehead atoms. The van der Waals surface area contributed by atoms with E-state index in [0.717, 1.165) is 64.1 Å². The number of carbonyl (C=O) groups is 2. The van der Waals surface area contributed by atoms with E-state index in [0.29, 0.717) is 12.8 Å². The number of aromatic nitrogens is 1. The van der Waals surface area contributed by atoms with E-state index in [-0.39, 0.29) is 18.0 Å². The highest BCUT2D eigenvalue weighted by molar-refractivity contribution is 6.07. The van der Waals surface area contributed by atoms with Gasteiger partial charge in [0, 0.05) is 45.1 Å². The molecule has 0 aliphatic carbocycles. The lowest BCUT2D eigenvalue weighted by Crippen LogP contribution is -2.56. The van der Waals surface area contributed by atoms with Gasteiger partial charge in [-0.15, -0.1) is 0 Å². The first-order valence-electron chi connectivity index (χ1n) is 12.2. The van der Waals surface area contributed by atoms with E-state index < -0.39 is 5.54 Å². The van der Waals surface area contributed by atoms with E-state index >= 15 is 0 Å². The van der Waals surface area contributed by atoms with Gasteiger partial charge in [-0.2, -0.15) is 0 Å². The van der Waals surface area contributed by atoms with E-state index in [1.165, 1.54) is 5.56 Å². The van der Waals surface area contributed by atoms with Crippen LogP contribution in [0, 0.1) is 0 Å². The third-order valence-electron chi connectivity index (χ3n) is 7.44. The van der Waals surface area contributed by atoms with Crippen LogP contribution in [0.25, 0.3) is 0 Å². The molecule has 7 heteroatoms. The summed E-state index contributed by atoms with van der Waals surface area (Å²) in [7, 11) is 0. The zero-order chi connectivity index (χ0) is 22.7. The Balaban J connectivity index is 1.18. The van der Waals surface area contributed by atoms with Gasteiger partial charge in [0.15, 0.2) is 0 Å². The van der Waals surface area contributed by atoms with Gasteiger partial charge in [0.1, 0.15) is 5.54 Å². The lowest BCUT2D eigenvalue weighted by molar-refractivity contribution is -0.135. The number of benzene rings is 1. The molecule has 4 heterocycles. The number of imide groups is 1. The van der Waals surface area contributed by atoms with Gasteiger partial charge in [0.25, 0.3) is 5.91 Å². The summed E-state index contributed by atoms with van der Waals surface area (Å²) in [4.78, 5) is 37.0. The molecule has 0 saturated carbocycles. The Kier molecular flexibility index (Phi) is 6.42. The first-order chi connectivity index (χ1) is 16.1. The fourth-order valence-corrected chi connectivity index (χ4v) is 5.54. The summed E-state index contributed by atoms with van der Waals surface area (Å²) in [6.07, 6.45) is 7.92. The summed E-state index contributed by atoms with van der Waals surface area (Å²) in [6.45, 7) is 5.17. The number of pyridine rings is 1. The van der Waals surface area contributed by atoms with Crippen molar-refractivity contribution in [3.05, 3.63) is 66.0 Å². The Morgan fingerprint density at radius 1 is 0.970 bits per heavy atom. The van der Waals surface area contributed by atoms with Crippen molar-refractivity contribution in [2.45, 2.75) is 50.2 Å². The molecule has 1 aromatic carbocycles. The first kappa shape index (κ1) is 22.0. The maximum absolute atomic E-state index is 13.5. The average Bonchev–Trinajstić information content (AvgIpc) is 3.09. The van der Waals surface area contributed by atoms with Crippen molar-refractivity contribution in [3.8, 4) is 0 Å². The zero-order valence-corrected chi connectivity index (χ0v) is 19.2. The number of urea groups is 1. The van der Waals surface area contributed by atoms with Gasteiger partial charge in [0.2, 0.25) is 0 Å². The topological polar surface area (TPSA) is 68.8 Å². The summed E-state index contributed by atoms with van der Waals surface area (Å²) in [5.74, 6) is -0.0107. The molecule has 3 aliphatic heterocycles. The van der Waals surface area contributed by atoms with Crippen molar-refractivity contribution in [2.24, 2.45) is 0 Å². The summed E-state index contributed by atoms with van der Waals surface area (Å²) in [5, 5.41) is 3.11. The molecule has 174 valence electrons. The molecular weight excluding hydrogens is 414 g/mol. The van der Waals surface area contributed by atoms with Crippen LogP contribution in [0.4, 0.5) is 4.79 Å². The molecule has 7 nitrogen and oxygen atoms in total. The van der Waals surface area contributed by atoms with Crippen molar-refractivity contribution >= 4 is 11.9 Å². The number of hydrogen-bond donors (Lipinski definition) is 1. The van der Waals surface area contributed by atoms with E-state index in [2.05, 4.69) is 50.4 Å². The minimum atomic E-state index is -0.716. The second-order valence-corrected chi connectivity index (χ2v) is 9.66. The molecular formula is C26H33N5O2. The van der Waals surface area contributed by atoms with Gasteiger partial charge in [-0.05, 0) is 55.8 Å². The van der Waals surface area contributed by atoms with Crippen LogP contribution in [0.5, 0.6) is 0 Å². The Morgan fingerprint density at radius 2 is 1.76 bits per heavy atom. The monoisotopic (exact) mass is 447 g/mol. The third kappa shape index (κ3) is 4.80. The SMILES string of the molecule is O=C1NC2(CCN(CCc3ccccc3)CC2)C(=O)N1[C@@H]1CCCN(Cc2cccnc2)C1. The van der Waals surface area contributed by atoms with Crippen molar-refractivity contribution in [1.29, 1.82) is 0 Å². The molecule has 33 heavy (non-hydrogen) atoms. The highest BCUT2D eigenvalue weighted by Gasteiger charge is 2.54. The molecule has 3 aliphatic rings. The lowest BCUT2D eigenvalue weighted by Gasteiger charge is -2.39. The molecule has 0 unspecified atom stereocenters. The summed E-state index contributed by atoms with van der Waals surface area (Å²) in [6, 6.07) is 14.3. The minimum Gasteiger partial charge on any atom is -0.323 e. The largest absolute Gasteiger partial charge is 0.325 e. The highest BCUT2D eigenvalue weighted by Crippen LogP contribution is 2.32. The van der Waals surface area contributed by atoms with Crippen molar-refractivity contribution < 1.29 is 9.59 Å². The maximum Gasteiger partial charge on any atom is 0.325 e. The number of hydrogen-bond acceptors (Lipinski definition) is 5. The third-order valence-corrected chi connectivity index (χ3v) is 7.44. The second kappa shape index (κ2) is 9.61.